The van der Waals surface area contributed by atoms with Gasteiger partial charge in [-0.2, -0.15) is 5.10 Å². The van der Waals surface area contributed by atoms with Crippen molar-refractivity contribution in [2.45, 2.75) is 32.5 Å². The Morgan fingerprint density at radius 1 is 1.34 bits per heavy atom. The summed E-state index contributed by atoms with van der Waals surface area (Å²) in [4.78, 5) is 42.3. The number of benzene rings is 1. The molecule has 2 aliphatic rings. The van der Waals surface area contributed by atoms with Gasteiger partial charge in [0.1, 0.15) is 0 Å². The summed E-state index contributed by atoms with van der Waals surface area (Å²) in [6.45, 7) is 4.75. The third-order valence-corrected chi connectivity index (χ3v) is 4.79. The minimum Gasteiger partial charge on any atom is -0.326 e. The second-order valence-electron chi connectivity index (χ2n) is 7.31. The number of hydrazone groups is 1. The fraction of sp³-hybridized carbons (Fsp3) is 0.444. The Kier molecular flexibility index (Phi) is 5.76. The SMILES string of the molecule is CC(C)CCN1C(N/N=C/c2ccc([N+](=O)[O-])cc2)=NC2C1C(=O)NC(=O)N2C. The predicted molar refractivity (Wildman–Crippen MR) is 106 cm³/mol. The maximum Gasteiger partial charge on any atom is 0.325 e. The van der Waals surface area contributed by atoms with E-state index >= 15 is 0 Å². The molecule has 3 rings (SSSR count). The lowest BCUT2D eigenvalue weighted by Crippen LogP contribution is -2.64. The van der Waals surface area contributed by atoms with Gasteiger partial charge >= 0.3 is 6.03 Å². The molecule has 2 heterocycles. The highest BCUT2D eigenvalue weighted by atomic mass is 16.6. The van der Waals surface area contributed by atoms with Crippen LogP contribution in [0.15, 0.2) is 34.4 Å². The first-order valence-electron chi connectivity index (χ1n) is 9.23. The first kappa shape index (κ1) is 20.2. The molecule has 29 heavy (non-hydrogen) atoms. The maximum absolute atomic E-state index is 12.4. The second-order valence-corrected chi connectivity index (χ2v) is 7.31. The molecule has 2 aliphatic heterocycles. The Balaban J connectivity index is 1.76. The van der Waals surface area contributed by atoms with Gasteiger partial charge in [-0.15, -0.1) is 0 Å². The molecule has 0 spiro atoms. The number of guanidine groups is 1. The van der Waals surface area contributed by atoms with Gasteiger partial charge in [-0.3, -0.25) is 20.2 Å². The summed E-state index contributed by atoms with van der Waals surface area (Å²) in [7, 11) is 1.59. The summed E-state index contributed by atoms with van der Waals surface area (Å²) in [5.41, 5.74) is 3.51. The van der Waals surface area contributed by atoms with E-state index in [9.17, 15) is 19.7 Å². The Labute approximate surface area is 167 Å². The van der Waals surface area contributed by atoms with E-state index in [1.807, 2.05) is 4.90 Å². The molecule has 0 aromatic heterocycles. The van der Waals surface area contributed by atoms with Crippen molar-refractivity contribution in [1.29, 1.82) is 0 Å². The van der Waals surface area contributed by atoms with E-state index in [0.717, 1.165) is 6.42 Å². The fourth-order valence-electron chi connectivity index (χ4n) is 3.11. The van der Waals surface area contributed by atoms with Crippen LogP contribution < -0.4 is 10.7 Å². The van der Waals surface area contributed by atoms with Gasteiger partial charge in [0, 0.05) is 25.7 Å². The number of non-ortho nitro benzene ring substituents is 1. The summed E-state index contributed by atoms with van der Waals surface area (Å²) in [5.74, 6) is 0.433. The van der Waals surface area contributed by atoms with E-state index in [1.54, 1.807) is 19.2 Å². The summed E-state index contributed by atoms with van der Waals surface area (Å²) < 4.78 is 0. The number of nitrogens with zero attached hydrogens (tertiary/aromatic N) is 5. The van der Waals surface area contributed by atoms with Crippen LogP contribution >= 0.6 is 0 Å². The van der Waals surface area contributed by atoms with Gasteiger partial charge in [0.25, 0.3) is 11.6 Å². The van der Waals surface area contributed by atoms with Gasteiger partial charge in [0.05, 0.1) is 11.1 Å². The summed E-state index contributed by atoms with van der Waals surface area (Å²) in [5, 5.41) is 17.2. The Bertz CT molecular complexity index is 865. The number of fused-ring (bicyclic) bond motifs is 1. The largest absolute Gasteiger partial charge is 0.326 e. The first-order valence-corrected chi connectivity index (χ1v) is 9.23. The highest BCUT2D eigenvalue weighted by Gasteiger charge is 2.48. The second kappa shape index (κ2) is 8.25. The zero-order chi connectivity index (χ0) is 21.1. The average Bonchev–Trinajstić information content (AvgIpc) is 3.04. The molecule has 1 aromatic rings. The molecule has 3 amide bonds. The summed E-state index contributed by atoms with van der Waals surface area (Å²) in [6, 6.07) is 4.84. The van der Waals surface area contributed by atoms with Crippen LogP contribution in [0.4, 0.5) is 10.5 Å². The molecule has 2 atom stereocenters. The molecule has 0 bridgehead atoms. The highest BCUT2D eigenvalue weighted by Crippen LogP contribution is 2.24. The molecule has 11 nitrogen and oxygen atoms in total. The molecule has 1 saturated heterocycles. The Hall–Kier alpha value is -3.50. The zero-order valence-electron chi connectivity index (χ0n) is 16.4. The lowest BCUT2D eigenvalue weighted by Gasteiger charge is -2.36. The quantitative estimate of drug-likeness (QED) is 0.417. The van der Waals surface area contributed by atoms with Crippen LogP contribution in [0.2, 0.25) is 0 Å². The standard InChI is InChI=1S/C18H23N7O4/c1-11(2)8-9-24-14-15(23(3)18(27)21-16(14)26)20-17(24)22-19-10-12-4-6-13(7-5-12)25(28)29/h4-7,10-11,14-15H,8-9H2,1-3H3,(H,20,22)(H,21,26,27)/b19-10+. The van der Waals surface area contributed by atoms with Crippen LogP contribution in [0.25, 0.3) is 0 Å². The normalized spacial score (nSPS) is 21.4. The van der Waals surface area contributed by atoms with E-state index in [-0.39, 0.29) is 11.6 Å². The topological polar surface area (TPSA) is 133 Å². The lowest BCUT2D eigenvalue weighted by molar-refractivity contribution is -0.384. The molecular weight excluding hydrogens is 378 g/mol. The predicted octanol–water partition coefficient (Wildman–Crippen LogP) is 1.11. The van der Waals surface area contributed by atoms with Gasteiger partial charge in [-0.05, 0) is 30.0 Å². The van der Waals surface area contributed by atoms with Crippen molar-refractivity contribution in [2.75, 3.05) is 13.6 Å². The number of amides is 3. The summed E-state index contributed by atoms with van der Waals surface area (Å²) in [6.07, 6.45) is 1.71. The number of hydrogen-bond acceptors (Lipinski definition) is 8. The van der Waals surface area contributed by atoms with Gasteiger partial charge in [0.2, 0.25) is 5.96 Å². The number of urea groups is 1. The zero-order valence-corrected chi connectivity index (χ0v) is 16.4. The molecule has 1 fully saturated rings. The van der Waals surface area contributed by atoms with E-state index in [1.165, 1.54) is 23.2 Å². The van der Waals surface area contributed by atoms with Crippen LogP contribution in [-0.4, -0.2) is 64.6 Å². The van der Waals surface area contributed by atoms with E-state index in [2.05, 4.69) is 34.7 Å². The van der Waals surface area contributed by atoms with Crippen LogP contribution in [0.3, 0.4) is 0 Å². The number of rotatable bonds is 6. The minimum absolute atomic E-state index is 0.00192. The monoisotopic (exact) mass is 401 g/mol. The van der Waals surface area contributed by atoms with E-state index in [0.29, 0.717) is 24.0 Å². The average molecular weight is 401 g/mol. The van der Waals surface area contributed by atoms with Crippen LogP contribution in [0, 0.1) is 16.0 Å². The van der Waals surface area contributed by atoms with Crippen molar-refractivity contribution in [1.82, 2.24) is 20.5 Å². The van der Waals surface area contributed by atoms with E-state index < -0.39 is 23.2 Å². The molecule has 2 unspecified atom stereocenters. The number of aliphatic imine (C=N–C) groups is 1. The van der Waals surface area contributed by atoms with Crippen LogP contribution in [0.1, 0.15) is 25.8 Å². The van der Waals surface area contributed by atoms with Gasteiger partial charge < -0.3 is 9.80 Å². The van der Waals surface area contributed by atoms with Gasteiger partial charge in [-0.1, -0.05) is 13.8 Å². The number of hydrogen-bond donors (Lipinski definition) is 2. The molecule has 2 N–H and O–H groups in total. The molecule has 0 aliphatic carbocycles. The number of nitro benzene ring substituents is 1. The van der Waals surface area contributed by atoms with Crippen molar-refractivity contribution in [3.63, 3.8) is 0 Å². The van der Waals surface area contributed by atoms with Crippen molar-refractivity contribution < 1.29 is 14.5 Å². The number of carbonyl (C=O) groups is 2. The maximum atomic E-state index is 12.4. The number of nitrogens with one attached hydrogen (secondary N) is 2. The Morgan fingerprint density at radius 3 is 2.66 bits per heavy atom. The Morgan fingerprint density at radius 2 is 2.03 bits per heavy atom. The van der Waals surface area contributed by atoms with Crippen molar-refractivity contribution in [3.8, 4) is 0 Å². The molecule has 0 radical (unpaired) electrons. The number of carbonyl (C=O) groups excluding carboxylic acids is 2. The highest BCUT2D eigenvalue weighted by molar-refractivity contribution is 6.03. The third-order valence-electron chi connectivity index (χ3n) is 4.79. The molecule has 154 valence electrons. The molecular formula is C18H23N7O4. The number of likely N-dealkylation sites (N-methyl/N-ethyl adjacent to an activating group) is 1. The van der Waals surface area contributed by atoms with Crippen LogP contribution in [0.5, 0.6) is 0 Å². The molecule has 0 saturated carbocycles. The van der Waals surface area contributed by atoms with Crippen molar-refractivity contribution >= 4 is 29.8 Å². The third kappa shape index (κ3) is 4.33. The van der Waals surface area contributed by atoms with Gasteiger partial charge in [0.15, 0.2) is 12.2 Å². The van der Waals surface area contributed by atoms with Gasteiger partial charge in [-0.25, -0.2) is 15.2 Å². The fourth-order valence-corrected chi connectivity index (χ4v) is 3.11. The minimum atomic E-state index is -0.625. The van der Waals surface area contributed by atoms with Crippen molar-refractivity contribution in [3.05, 3.63) is 39.9 Å². The van der Waals surface area contributed by atoms with Crippen molar-refractivity contribution in [2.24, 2.45) is 16.0 Å². The number of imide groups is 1. The van der Waals surface area contributed by atoms with Crippen LogP contribution in [-0.2, 0) is 4.79 Å². The number of nitro groups is 1. The smallest absolute Gasteiger partial charge is 0.325 e. The van der Waals surface area contributed by atoms with E-state index in [4.69, 9.17) is 0 Å². The molecule has 11 heteroatoms. The molecule has 1 aromatic carbocycles. The summed E-state index contributed by atoms with van der Waals surface area (Å²) >= 11 is 0. The first-order chi connectivity index (χ1) is 13.8. The lowest BCUT2D eigenvalue weighted by atomic mass is 10.1.